The molecular formula is C19H14FN7O. The van der Waals surface area contributed by atoms with Gasteiger partial charge in [-0.3, -0.25) is 0 Å². The molecule has 0 aliphatic heterocycles. The molecule has 3 heterocycles. The van der Waals surface area contributed by atoms with Gasteiger partial charge in [0.1, 0.15) is 18.8 Å². The van der Waals surface area contributed by atoms with Crippen LogP contribution < -0.4 is 4.74 Å². The SMILES string of the molecule is Cn1cnnc1COc1nn2c(-c3ccccc3F)nnc2cc1C1=CC=C1. The van der Waals surface area contributed by atoms with Gasteiger partial charge in [-0.25, -0.2) is 4.39 Å². The highest BCUT2D eigenvalue weighted by Gasteiger charge is 2.19. The summed E-state index contributed by atoms with van der Waals surface area (Å²) in [5.41, 5.74) is 2.57. The summed E-state index contributed by atoms with van der Waals surface area (Å²) in [6.07, 6.45) is 7.44. The van der Waals surface area contributed by atoms with Crippen molar-refractivity contribution in [2.75, 3.05) is 0 Å². The molecule has 5 rings (SSSR count). The minimum atomic E-state index is -0.395. The molecule has 1 aromatic carbocycles. The smallest absolute Gasteiger partial charge is 0.240 e. The monoisotopic (exact) mass is 375 g/mol. The largest absolute Gasteiger partial charge is 0.468 e. The van der Waals surface area contributed by atoms with Crippen LogP contribution >= 0.6 is 0 Å². The number of benzene rings is 1. The van der Waals surface area contributed by atoms with Gasteiger partial charge in [-0.15, -0.1) is 25.5 Å². The first-order valence-electron chi connectivity index (χ1n) is 8.56. The molecule has 0 atom stereocenters. The first kappa shape index (κ1) is 16.3. The number of halogens is 1. The van der Waals surface area contributed by atoms with E-state index in [0.717, 1.165) is 11.1 Å². The van der Waals surface area contributed by atoms with E-state index in [-0.39, 0.29) is 6.61 Å². The lowest BCUT2D eigenvalue weighted by Gasteiger charge is -2.14. The summed E-state index contributed by atoms with van der Waals surface area (Å²) < 4.78 is 23.4. The Labute approximate surface area is 158 Å². The van der Waals surface area contributed by atoms with Gasteiger partial charge in [0, 0.05) is 12.6 Å². The first-order chi connectivity index (χ1) is 13.7. The molecule has 0 amide bonds. The summed E-state index contributed by atoms with van der Waals surface area (Å²) in [7, 11) is 1.84. The third-order valence-electron chi connectivity index (χ3n) is 4.48. The minimum absolute atomic E-state index is 0.191. The average molecular weight is 375 g/mol. The topological polar surface area (TPSA) is 83.0 Å². The molecule has 9 heteroatoms. The Hall–Kier alpha value is -3.88. The summed E-state index contributed by atoms with van der Waals surface area (Å²) in [5, 5.41) is 20.7. The molecule has 28 heavy (non-hydrogen) atoms. The van der Waals surface area contributed by atoms with Crippen LogP contribution in [-0.2, 0) is 13.7 Å². The summed E-state index contributed by atoms with van der Waals surface area (Å²) in [4.78, 5) is 0. The molecule has 3 aromatic heterocycles. The highest BCUT2D eigenvalue weighted by Crippen LogP contribution is 2.31. The molecule has 8 nitrogen and oxygen atoms in total. The van der Waals surface area contributed by atoms with Gasteiger partial charge >= 0.3 is 0 Å². The molecule has 0 radical (unpaired) electrons. The van der Waals surface area contributed by atoms with Gasteiger partial charge in [-0.05, 0) is 23.8 Å². The van der Waals surface area contributed by atoms with Gasteiger partial charge in [0.2, 0.25) is 5.88 Å². The lowest BCUT2D eigenvalue weighted by atomic mass is 10.0. The van der Waals surface area contributed by atoms with Crippen molar-refractivity contribution in [1.29, 1.82) is 0 Å². The third-order valence-corrected chi connectivity index (χ3v) is 4.48. The zero-order chi connectivity index (χ0) is 19.1. The fourth-order valence-corrected chi connectivity index (χ4v) is 2.88. The number of aryl methyl sites for hydroxylation is 1. The van der Waals surface area contributed by atoms with Crippen molar-refractivity contribution < 1.29 is 9.13 Å². The molecule has 138 valence electrons. The summed E-state index contributed by atoms with van der Waals surface area (Å²) >= 11 is 0. The van der Waals surface area contributed by atoms with Crippen molar-refractivity contribution in [3.63, 3.8) is 0 Å². The van der Waals surface area contributed by atoms with Crippen molar-refractivity contribution in [3.05, 3.63) is 72.1 Å². The Morgan fingerprint density at radius 3 is 2.68 bits per heavy atom. The van der Waals surface area contributed by atoms with Crippen LogP contribution in [0.15, 0.2) is 54.9 Å². The van der Waals surface area contributed by atoms with E-state index < -0.39 is 5.82 Å². The van der Waals surface area contributed by atoms with Crippen molar-refractivity contribution in [3.8, 4) is 17.3 Å². The second-order valence-corrected chi connectivity index (χ2v) is 6.26. The molecule has 0 unspecified atom stereocenters. The maximum Gasteiger partial charge on any atom is 0.240 e. The van der Waals surface area contributed by atoms with E-state index >= 15 is 0 Å². The molecule has 0 saturated carbocycles. The minimum Gasteiger partial charge on any atom is -0.468 e. The van der Waals surface area contributed by atoms with Crippen molar-refractivity contribution >= 4 is 11.2 Å². The molecular weight excluding hydrogens is 361 g/mol. The van der Waals surface area contributed by atoms with Crippen LogP contribution in [-0.4, -0.2) is 34.6 Å². The van der Waals surface area contributed by atoms with Gasteiger partial charge in [-0.2, -0.15) is 4.52 Å². The predicted molar refractivity (Wildman–Crippen MR) is 98.6 cm³/mol. The number of ether oxygens (including phenoxy) is 1. The Balaban J connectivity index is 1.61. The standard InChI is InChI=1S/C19H14FN7O/c1-26-11-21-22-17(26)10-28-19-14(12-5-4-6-12)9-16-23-24-18(27(16)25-19)13-7-2-3-8-15(13)20/h2-9,11H,10H2,1H3. The van der Waals surface area contributed by atoms with E-state index in [4.69, 9.17) is 4.74 Å². The van der Waals surface area contributed by atoms with Crippen LogP contribution in [0.25, 0.3) is 22.6 Å². The van der Waals surface area contributed by atoms with Crippen molar-refractivity contribution in [2.45, 2.75) is 6.61 Å². The zero-order valence-electron chi connectivity index (χ0n) is 14.8. The fraction of sp³-hybridized carbons (Fsp3) is 0.105. The summed E-state index contributed by atoms with van der Waals surface area (Å²) in [6, 6.07) is 8.20. The number of allylic oxidation sites excluding steroid dienone is 4. The highest BCUT2D eigenvalue weighted by molar-refractivity contribution is 5.84. The molecule has 0 fully saturated rings. The maximum atomic E-state index is 14.3. The van der Waals surface area contributed by atoms with Gasteiger partial charge in [0.25, 0.3) is 0 Å². The lowest BCUT2D eigenvalue weighted by molar-refractivity contribution is 0.275. The Kier molecular flexibility index (Phi) is 3.71. The second kappa shape index (κ2) is 6.38. The fourth-order valence-electron chi connectivity index (χ4n) is 2.88. The van der Waals surface area contributed by atoms with Gasteiger partial charge in [-0.1, -0.05) is 30.4 Å². The molecule has 1 aliphatic rings. The number of nitrogens with zero attached hydrogens (tertiary/aromatic N) is 7. The second-order valence-electron chi connectivity index (χ2n) is 6.26. The van der Waals surface area contributed by atoms with E-state index in [1.54, 1.807) is 29.1 Å². The van der Waals surface area contributed by atoms with Gasteiger partial charge in [0.15, 0.2) is 17.3 Å². The predicted octanol–water partition coefficient (Wildman–Crippen LogP) is 2.59. The van der Waals surface area contributed by atoms with Crippen LogP contribution in [0.4, 0.5) is 4.39 Å². The van der Waals surface area contributed by atoms with E-state index in [0.29, 0.717) is 28.7 Å². The number of hydrogen-bond acceptors (Lipinski definition) is 6. The zero-order valence-corrected chi connectivity index (χ0v) is 14.8. The Bertz CT molecular complexity index is 1250. The third kappa shape index (κ3) is 2.64. The van der Waals surface area contributed by atoms with E-state index in [1.165, 1.54) is 10.6 Å². The van der Waals surface area contributed by atoms with Crippen LogP contribution in [0.5, 0.6) is 5.88 Å². The van der Waals surface area contributed by atoms with Gasteiger partial charge in [0.05, 0.1) is 5.56 Å². The van der Waals surface area contributed by atoms with Crippen molar-refractivity contribution in [1.82, 2.24) is 34.6 Å². The van der Waals surface area contributed by atoms with Crippen LogP contribution in [0.2, 0.25) is 0 Å². The van der Waals surface area contributed by atoms with Crippen molar-refractivity contribution in [2.24, 2.45) is 7.05 Å². The Morgan fingerprint density at radius 1 is 1.11 bits per heavy atom. The number of aromatic nitrogens is 7. The lowest BCUT2D eigenvalue weighted by Crippen LogP contribution is -2.08. The molecule has 0 bridgehead atoms. The molecule has 1 aliphatic carbocycles. The first-order valence-corrected chi connectivity index (χ1v) is 8.56. The summed E-state index contributed by atoms with van der Waals surface area (Å²) in [5.74, 6) is 0.947. The summed E-state index contributed by atoms with van der Waals surface area (Å²) in [6.45, 7) is 0.191. The van der Waals surface area contributed by atoms with Crippen LogP contribution in [0.1, 0.15) is 11.4 Å². The maximum absolute atomic E-state index is 14.3. The van der Waals surface area contributed by atoms with E-state index in [1.807, 2.05) is 31.3 Å². The van der Waals surface area contributed by atoms with E-state index in [2.05, 4.69) is 25.5 Å². The highest BCUT2D eigenvalue weighted by atomic mass is 19.1. The van der Waals surface area contributed by atoms with Crippen LogP contribution in [0.3, 0.4) is 0 Å². The van der Waals surface area contributed by atoms with E-state index in [9.17, 15) is 4.39 Å². The number of hydrogen-bond donors (Lipinski definition) is 0. The normalized spacial score (nSPS) is 12.9. The number of fused-ring (bicyclic) bond motifs is 1. The molecule has 0 spiro atoms. The van der Waals surface area contributed by atoms with Crippen LogP contribution in [0, 0.1) is 5.82 Å². The molecule has 4 aromatic rings. The van der Waals surface area contributed by atoms with Gasteiger partial charge < -0.3 is 9.30 Å². The molecule has 0 N–H and O–H groups in total. The Morgan fingerprint density at radius 2 is 1.96 bits per heavy atom. The average Bonchev–Trinajstić information content (AvgIpc) is 3.24. The number of rotatable bonds is 5. The molecule has 0 saturated heterocycles. The quantitative estimate of drug-likeness (QED) is 0.533.